The van der Waals surface area contributed by atoms with Crippen LogP contribution in [0.3, 0.4) is 0 Å². The van der Waals surface area contributed by atoms with Crippen LogP contribution in [0.1, 0.15) is 36.6 Å². The molecule has 2 N–H and O–H groups in total. The molecule has 1 atom stereocenters. The minimum absolute atomic E-state index is 0.129. The molecule has 0 spiro atoms. The average molecular weight is 453 g/mol. The largest absolute Gasteiger partial charge is 0.484 e. The quantitative estimate of drug-likeness (QED) is 0.496. The lowest BCUT2D eigenvalue weighted by Crippen LogP contribution is -2.26. The van der Waals surface area contributed by atoms with Gasteiger partial charge in [-0.05, 0) is 61.2 Å². The van der Waals surface area contributed by atoms with Crippen molar-refractivity contribution in [3.8, 4) is 5.75 Å². The van der Waals surface area contributed by atoms with Crippen molar-refractivity contribution in [2.75, 3.05) is 11.9 Å². The predicted molar refractivity (Wildman–Crippen MR) is 126 cm³/mol. The molecule has 3 rings (SSSR count). The second-order valence-corrected chi connectivity index (χ2v) is 9.24. The second-order valence-electron chi connectivity index (χ2n) is 7.52. The normalized spacial score (nSPS) is 12.2. The second kappa shape index (κ2) is 10.4. The van der Waals surface area contributed by atoms with Crippen molar-refractivity contribution in [2.24, 2.45) is 0 Å². The van der Waals surface area contributed by atoms with Crippen LogP contribution < -0.4 is 14.8 Å². The maximum atomic E-state index is 12.7. The number of anilines is 1. The highest BCUT2D eigenvalue weighted by Gasteiger charge is 2.18. The number of carbonyl (C=O) groups excluding carboxylic acids is 1. The summed E-state index contributed by atoms with van der Waals surface area (Å²) in [7, 11) is -3.69. The topological polar surface area (TPSA) is 84.5 Å². The summed E-state index contributed by atoms with van der Waals surface area (Å²) in [5, 5.41) is 2.90. The standard InChI is InChI=1S/C25H28N2O4S/c1-4-20-12-8-9-18(2)25(20)26-24(28)17-31-22-13-15-23(16-14-22)32(29,30)27-19(3)21-10-6-5-7-11-21/h5-16,19,27H,4,17H2,1-3H3,(H,26,28)/t19-/m1/s1. The maximum Gasteiger partial charge on any atom is 0.262 e. The molecule has 0 saturated heterocycles. The summed E-state index contributed by atoms with van der Waals surface area (Å²) < 4.78 is 33.6. The summed E-state index contributed by atoms with van der Waals surface area (Å²) in [5.74, 6) is 0.139. The lowest BCUT2D eigenvalue weighted by atomic mass is 10.1. The first-order valence-electron chi connectivity index (χ1n) is 10.5. The van der Waals surface area contributed by atoms with E-state index in [0.29, 0.717) is 5.75 Å². The van der Waals surface area contributed by atoms with Gasteiger partial charge in [-0.2, -0.15) is 0 Å². The number of nitrogens with one attached hydrogen (secondary N) is 2. The van der Waals surface area contributed by atoms with Gasteiger partial charge >= 0.3 is 0 Å². The van der Waals surface area contributed by atoms with Crippen LogP contribution in [0.25, 0.3) is 0 Å². The highest BCUT2D eigenvalue weighted by molar-refractivity contribution is 7.89. The molecule has 0 saturated carbocycles. The molecule has 3 aromatic carbocycles. The number of para-hydroxylation sites is 1. The third-order valence-electron chi connectivity index (χ3n) is 5.14. The van der Waals surface area contributed by atoms with Crippen LogP contribution in [0.2, 0.25) is 0 Å². The molecule has 0 fully saturated rings. The van der Waals surface area contributed by atoms with Gasteiger partial charge in [0, 0.05) is 11.7 Å². The van der Waals surface area contributed by atoms with E-state index in [1.165, 1.54) is 12.1 Å². The number of rotatable bonds is 9. The molecule has 1 amide bonds. The van der Waals surface area contributed by atoms with E-state index in [2.05, 4.69) is 10.0 Å². The number of carbonyl (C=O) groups is 1. The average Bonchev–Trinajstić information content (AvgIpc) is 2.79. The summed E-state index contributed by atoms with van der Waals surface area (Å²) in [6.07, 6.45) is 0.811. The summed E-state index contributed by atoms with van der Waals surface area (Å²) in [4.78, 5) is 12.5. The molecule has 0 aliphatic rings. The zero-order chi connectivity index (χ0) is 23.1. The third kappa shape index (κ3) is 5.96. The molecule has 0 aliphatic heterocycles. The van der Waals surface area contributed by atoms with E-state index in [9.17, 15) is 13.2 Å². The first-order valence-corrected chi connectivity index (χ1v) is 12.0. The van der Waals surface area contributed by atoms with E-state index in [-0.39, 0.29) is 23.5 Å². The van der Waals surface area contributed by atoms with Gasteiger partial charge in [-0.25, -0.2) is 13.1 Å². The monoisotopic (exact) mass is 452 g/mol. The smallest absolute Gasteiger partial charge is 0.262 e. The number of ether oxygens (including phenoxy) is 1. The van der Waals surface area contributed by atoms with Crippen LogP contribution in [0.5, 0.6) is 5.75 Å². The Morgan fingerprint density at radius 1 is 0.969 bits per heavy atom. The highest BCUT2D eigenvalue weighted by Crippen LogP contribution is 2.22. The van der Waals surface area contributed by atoms with Crippen LogP contribution in [0, 0.1) is 6.92 Å². The Bertz CT molecular complexity index is 1160. The Balaban J connectivity index is 1.59. The molecule has 32 heavy (non-hydrogen) atoms. The van der Waals surface area contributed by atoms with Crippen LogP contribution >= 0.6 is 0 Å². The Hall–Kier alpha value is -3.16. The van der Waals surface area contributed by atoms with Gasteiger partial charge in [0.1, 0.15) is 5.75 Å². The molecule has 3 aromatic rings. The maximum absolute atomic E-state index is 12.7. The number of amides is 1. The minimum atomic E-state index is -3.69. The van der Waals surface area contributed by atoms with E-state index in [0.717, 1.165) is 28.8 Å². The summed E-state index contributed by atoms with van der Waals surface area (Å²) in [6.45, 7) is 5.60. The van der Waals surface area contributed by atoms with E-state index in [4.69, 9.17) is 4.74 Å². The van der Waals surface area contributed by atoms with Gasteiger partial charge in [0.05, 0.1) is 4.90 Å². The highest BCUT2D eigenvalue weighted by atomic mass is 32.2. The van der Waals surface area contributed by atoms with Crippen molar-refractivity contribution in [3.05, 3.63) is 89.5 Å². The molecule has 0 aliphatic carbocycles. The number of sulfonamides is 1. The molecule has 0 heterocycles. The first-order chi connectivity index (χ1) is 15.3. The molecule has 7 heteroatoms. The van der Waals surface area contributed by atoms with Crippen LogP contribution in [0.4, 0.5) is 5.69 Å². The zero-order valence-corrected chi connectivity index (χ0v) is 19.3. The van der Waals surface area contributed by atoms with E-state index in [1.54, 1.807) is 19.1 Å². The van der Waals surface area contributed by atoms with Crippen LogP contribution in [-0.4, -0.2) is 20.9 Å². The number of hydrogen-bond donors (Lipinski definition) is 2. The van der Waals surface area contributed by atoms with E-state index in [1.807, 2.05) is 62.4 Å². The van der Waals surface area contributed by atoms with Gasteiger partial charge in [-0.1, -0.05) is 55.5 Å². The molecule has 0 bridgehead atoms. The molecule has 6 nitrogen and oxygen atoms in total. The molecule has 0 radical (unpaired) electrons. The summed E-state index contributed by atoms with van der Waals surface area (Å²) in [6, 6.07) is 20.9. The predicted octanol–water partition coefficient (Wildman–Crippen LogP) is 4.61. The lowest BCUT2D eigenvalue weighted by Gasteiger charge is -2.15. The van der Waals surface area contributed by atoms with Crippen LogP contribution in [0.15, 0.2) is 77.7 Å². The molecule has 0 aromatic heterocycles. The lowest BCUT2D eigenvalue weighted by molar-refractivity contribution is -0.118. The Morgan fingerprint density at radius 3 is 2.31 bits per heavy atom. The number of hydrogen-bond acceptors (Lipinski definition) is 4. The zero-order valence-electron chi connectivity index (χ0n) is 18.5. The summed E-state index contributed by atoms with van der Waals surface area (Å²) >= 11 is 0. The van der Waals surface area contributed by atoms with Crippen molar-refractivity contribution in [2.45, 2.75) is 38.1 Å². The molecular weight excluding hydrogens is 424 g/mol. The van der Waals surface area contributed by atoms with Gasteiger partial charge < -0.3 is 10.1 Å². The fraction of sp³-hybridized carbons (Fsp3) is 0.240. The van der Waals surface area contributed by atoms with Crippen molar-refractivity contribution in [3.63, 3.8) is 0 Å². The van der Waals surface area contributed by atoms with Crippen molar-refractivity contribution in [1.82, 2.24) is 4.72 Å². The Labute approximate surface area is 189 Å². The molecule has 168 valence electrons. The van der Waals surface area contributed by atoms with Gasteiger partial charge in [-0.15, -0.1) is 0 Å². The van der Waals surface area contributed by atoms with Crippen LogP contribution in [-0.2, 0) is 21.2 Å². The number of aryl methyl sites for hydroxylation is 2. The molecule has 0 unspecified atom stereocenters. The van der Waals surface area contributed by atoms with Gasteiger partial charge in [0.15, 0.2) is 6.61 Å². The first kappa shape index (κ1) is 23.5. The van der Waals surface area contributed by atoms with Crippen molar-refractivity contribution >= 4 is 21.6 Å². The summed E-state index contributed by atoms with van der Waals surface area (Å²) in [5.41, 5.74) is 3.74. The number of benzene rings is 3. The Morgan fingerprint density at radius 2 is 1.66 bits per heavy atom. The van der Waals surface area contributed by atoms with Crippen molar-refractivity contribution in [1.29, 1.82) is 0 Å². The van der Waals surface area contributed by atoms with Crippen molar-refractivity contribution < 1.29 is 17.9 Å². The van der Waals surface area contributed by atoms with Gasteiger partial charge in [-0.3, -0.25) is 4.79 Å². The minimum Gasteiger partial charge on any atom is -0.484 e. The Kier molecular flexibility index (Phi) is 7.66. The van der Waals surface area contributed by atoms with E-state index >= 15 is 0 Å². The molecular formula is C25H28N2O4S. The third-order valence-corrected chi connectivity index (χ3v) is 6.70. The van der Waals surface area contributed by atoms with E-state index < -0.39 is 10.0 Å². The van der Waals surface area contributed by atoms with Gasteiger partial charge in [0.25, 0.3) is 5.91 Å². The fourth-order valence-electron chi connectivity index (χ4n) is 3.35. The fourth-order valence-corrected chi connectivity index (χ4v) is 4.58. The SMILES string of the molecule is CCc1cccc(C)c1NC(=O)COc1ccc(S(=O)(=O)N[C@H](C)c2ccccc2)cc1. The van der Waals surface area contributed by atoms with Gasteiger partial charge in [0.2, 0.25) is 10.0 Å².